The number of ether oxygens (including phenoxy) is 1. The number of hydrogen-bond acceptors (Lipinski definition) is 4. The van der Waals surface area contributed by atoms with E-state index in [1.54, 1.807) is 47.5 Å². The Labute approximate surface area is 190 Å². The summed E-state index contributed by atoms with van der Waals surface area (Å²) in [5.41, 5.74) is 2.83. The van der Waals surface area contributed by atoms with Crippen molar-refractivity contribution < 1.29 is 14.3 Å². The molecule has 1 aliphatic rings. The molecule has 0 spiro atoms. The fourth-order valence-corrected chi connectivity index (χ4v) is 3.66. The van der Waals surface area contributed by atoms with Crippen LogP contribution in [0.1, 0.15) is 21.6 Å². The van der Waals surface area contributed by atoms with Crippen molar-refractivity contribution >= 4 is 40.9 Å². The Hall–Kier alpha value is -3.09. The van der Waals surface area contributed by atoms with E-state index >= 15 is 0 Å². The minimum Gasteiger partial charge on any atom is -0.447 e. The Morgan fingerprint density at radius 1 is 1.03 bits per heavy atom. The van der Waals surface area contributed by atoms with E-state index in [9.17, 15) is 9.59 Å². The summed E-state index contributed by atoms with van der Waals surface area (Å²) in [7, 11) is 0. The van der Waals surface area contributed by atoms with E-state index in [1.807, 2.05) is 24.3 Å². The Morgan fingerprint density at radius 2 is 1.84 bits per heavy atom. The van der Waals surface area contributed by atoms with Crippen molar-refractivity contribution in [1.29, 1.82) is 0 Å². The normalized spacial score (nSPS) is 13.2. The summed E-state index contributed by atoms with van der Waals surface area (Å²) in [6, 6.07) is 17.8. The van der Waals surface area contributed by atoms with Gasteiger partial charge in [0, 0.05) is 24.0 Å². The SMILES string of the molecule is O=C(c1ccc(N2CCOC2=O)cc1)N(Cc1ccc(Cl)c(Cl)c1)Cc1ccccn1. The van der Waals surface area contributed by atoms with Crippen molar-refractivity contribution in [3.8, 4) is 0 Å². The molecule has 1 saturated heterocycles. The molecule has 31 heavy (non-hydrogen) atoms. The molecule has 2 heterocycles. The molecular weight excluding hydrogens is 437 g/mol. The molecule has 4 rings (SSSR count). The maximum atomic E-state index is 13.3. The lowest BCUT2D eigenvalue weighted by Gasteiger charge is -2.23. The van der Waals surface area contributed by atoms with Crippen LogP contribution < -0.4 is 4.90 Å². The third-order valence-electron chi connectivity index (χ3n) is 4.91. The molecule has 0 N–H and O–H groups in total. The standard InChI is InChI=1S/C23H19Cl2N3O3/c24-20-9-4-16(13-21(20)25)14-27(15-18-3-1-2-10-26-18)22(29)17-5-7-19(8-6-17)28-11-12-31-23(28)30/h1-10,13H,11-12,14-15H2. The molecule has 1 aromatic heterocycles. The minimum atomic E-state index is -0.379. The van der Waals surface area contributed by atoms with Gasteiger partial charge in [-0.05, 0) is 54.1 Å². The molecule has 2 amide bonds. The second-order valence-corrected chi connectivity index (χ2v) is 7.86. The molecule has 0 bridgehead atoms. The van der Waals surface area contributed by atoms with Crippen LogP contribution in [0.5, 0.6) is 0 Å². The van der Waals surface area contributed by atoms with E-state index < -0.39 is 0 Å². The second kappa shape index (κ2) is 9.37. The first-order valence-corrected chi connectivity index (χ1v) is 10.4. The van der Waals surface area contributed by atoms with Crippen molar-refractivity contribution in [1.82, 2.24) is 9.88 Å². The fourth-order valence-electron chi connectivity index (χ4n) is 3.34. The van der Waals surface area contributed by atoms with Crippen molar-refractivity contribution in [3.63, 3.8) is 0 Å². The van der Waals surface area contributed by atoms with E-state index in [0.29, 0.717) is 47.5 Å². The van der Waals surface area contributed by atoms with Gasteiger partial charge in [0.25, 0.3) is 5.91 Å². The summed E-state index contributed by atoms with van der Waals surface area (Å²) >= 11 is 12.2. The summed E-state index contributed by atoms with van der Waals surface area (Å²) in [6.07, 6.45) is 1.32. The molecular formula is C23H19Cl2N3O3. The van der Waals surface area contributed by atoms with E-state index in [0.717, 1.165) is 11.3 Å². The van der Waals surface area contributed by atoms with Crippen LogP contribution in [0.4, 0.5) is 10.5 Å². The maximum absolute atomic E-state index is 13.3. The largest absolute Gasteiger partial charge is 0.447 e. The van der Waals surface area contributed by atoms with Crippen molar-refractivity contribution in [2.75, 3.05) is 18.1 Å². The highest BCUT2D eigenvalue weighted by Gasteiger charge is 2.24. The number of nitrogens with zero attached hydrogens (tertiary/aromatic N) is 3. The first kappa shape index (κ1) is 21.2. The molecule has 0 unspecified atom stereocenters. The number of cyclic esters (lactones) is 1. The summed E-state index contributed by atoms with van der Waals surface area (Å²) in [5.74, 6) is -0.160. The molecule has 1 aliphatic heterocycles. The third kappa shape index (κ3) is 4.98. The summed E-state index contributed by atoms with van der Waals surface area (Å²) in [4.78, 5) is 32.7. The highest BCUT2D eigenvalue weighted by molar-refractivity contribution is 6.42. The zero-order valence-corrected chi connectivity index (χ0v) is 18.0. The number of pyridine rings is 1. The van der Waals surface area contributed by atoms with E-state index in [-0.39, 0.29) is 12.0 Å². The zero-order chi connectivity index (χ0) is 21.8. The van der Waals surface area contributed by atoms with E-state index in [4.69, 9.17) is 27.9 Å². The minimum absolute atomic E-state index is 0.160. The van der Waals surface area contributed by atoms with Gasteiger partial charge < -0.3 is 9.64 Å². The molecule has 0 aliphatic carbocycles. The predicted molar refractivity (Wildman–Crippen MR) is 119 cm³/mol. The molecule has 3 aromatic rings. The number of hydrogen-bond donors (Lipinski definition) is 0. The fraction of sp³-hybridized carbons (Fsp3) is 0.174. The van der Waals surface area contributed by atoms with Crippen LogP contribution in [0.2, 0.25) is 10.0 Å². The van der Waals surface area contributed by atoms with Crippen LogP contribution >= 0.6 is 23.2 Å². The molecule has 0 atom stereocenters. The van der Waals surface area contributed by atoms with E-state index in [1.165, 1.54) is 4.90 Å². The first-order chi connectivity index (χ1) is 15.0. The van der Waals surface area contributed by atoms with Gasteiger partial charge in [-0.25, -0.2) is 4.79 Å². The molecule has 1 fully saturated rings. The smallest absolute Gasteiger partial charge is 0.414 e. The van der Waals surface area contributed by atoms with Crippen LogP contribution in [0.15, 0.2) is 66.9 Å². The van der Waals surface area contributed by atoms with Gasteiger partial charge in [0.2, 0.25) is 0 Å². The Morgan fingerprint density at radius 3 is 2.48 bits per heavy atom. The number of anilines is 1. The van der Waals surface area contributed by atoms with Gasteiger partial charge in [0.1, 0.15) is 6.61 Å². The van der Waals surface area contributed by atoms with E-state index in [2.05, 4.69) is 4.98 Å². The molecule has 158 valence electrons. The van der Waals surface area contributed by atoms with Crippen molar-refractivity contribution in [2.45, 2.75) is 13.1 Å². The first-order valence-electron chi connectivity index (χ1n) is 9.69. The average molecular weight is 456 g/mol. The number of carbonyl (C=O) groups is 2. The number of amides is 2. The van der Waals surface area contributed by atoms with Gasteiger partial charge in [-0.15, -0.1) is 0 Å². The quantitative estimate of drug-likeness (QED) is 0.513. The van der Waals surface area contributed by atoms with Crippen molar-refractivity contribution in [2.24, 2.45) is 0 Å². The molecule has 6 nitrogen and oxygen atoms in total. The van der Waals surface area contributed by atoms with Crippen LogP contribution in [-0.4, -0.2) is 35.0 Å². The highest BCUT2D eigenvalue weighted by atomic mass is 35.5. The van der Waals surface area contributed by atoms with Gasteiger partial charge in [-0.3, -0.25) is 14.7 Å². The van der Waals surface area contributed by atoms with Gasteiger partial charge in [-0.1, -0.05) is 35.3 Å². The Bertz CT molecular complexity index is 1090. The Balaban J connectivity index is 1.58. The van der Waals surface area contributed by atoms with Gasteiger partial charge >= 0.3 is 6.09 Å². The third-order valence-corrected chi connectivity index (χ3v) is 5.65. The summed E-state index contributed by atoms with van der Waals surface area (Å²) in [5, 5.41) is 0.898. The lowest BCUT2D eigenvalue weighted by Crippen LogP contribution is -2.30. The average Bonchev–Trinajstić information content (AvgIpc) is 3.22. The highest BCUT2D eigenvalue weighted by Crippen LogP contribution is 2.25. The lowest BCUT2D eigenvalue weighted by atomic mass is 10.1. The van der Waals surface area contributed by atoms with Gasteiger partial charge in [0.15, 0.2) is 0 Å². The molecule has 2 aromatic carbocycles. The van der Waals surface area contributed by atoms with Crippen LogP contribution in [0, 0.1) is 0 Å². The number of benzene rings is 2. The summed E-state index contributed by atoms with van der Waals surface area (Å²) in [6.45, 7) is 1.53. The Kier molecular flexibility index (Phi) is 6.39. The maximum Gasteiger partial charge on any atom is 0.414 e. The number of rotatable bonds is 6. The number of carbonyl (C=O) groups excluding carboxylic acids is 2. The monoisotopic (exact) mass is 455 g/mol. The van der Waals surface area contributed by atoms with Gasteiger partial charge in [-0.2, -0.15) is 0 Å². The van der Waals surface area contributed by atoms with Crippen molar-refractivity contribution in [3.05, 3.63) is 93.7 Å². The molecule has 8 heteroatoms. The second-order valence-electron chi connectivity index (χ2n) is 7.04. The van der Waals surface area contributed by atoms with Gasteiger partial charge in [0.05, 0.1) is 28.8 Å². The number of aromatic nitrogens is 1. The molecule has 0 saturated carbocycles. The van der Waals surface area contributed by atoms with Crippen LogP contribution in [-0.2, 0) is 17.8 Å². The zero-order valence-electron chi connectivity index (χ0n) is 16.5. The summed E-state index contributed by atoms with van der Waals surface area (Å²) < 4.78 is 4.97. The topological polar surface area (TPSA) is 62.7 Å². The molecule has 0 radical (unpaired) electrons. The van der Waals surface area contributed by atoms with Crippen LogP contribution in [0.3, 0.4) is 0 Å². The predicted octanol–water partition coefficient (Wildman–Crippen LogP) is 5.19. The van der Waals surface area contributed by atoms with Crippen LogP contribution in [0.25, 0.3) is 0 Å². The lowest BCUT2D eigenvalue weighted by molar-refractivity contribution is 0.0728. The number of halogens is 2.